The van der Waals surface area contributed by atoms with E-state index in [4.69, 9.17) is 14.2 Å². The zero-order chi connectivity index (χ0) is 17.9. The number of halogens is 3. The molecule has 0 bridgehead atoms. The lowest BCUT2D eigenvalue weighted by atomic mass is 10.2. The maximum absolute atomic E-state index is 11.5. The van der Waals surface area contributed by atoms with Crippen molar-refractivity contribution >= 4 is 60.4 Å². The van der Waals surface area contributed by atoms with E-state index in [-0.39, 0.29) is 5.97 Å². The van der Waals surface area contributed by atoms with Crippen LogP contribution in [-0.4, -0.2) is 13.1 Å². The third kappa shape index (κ3) is 4.43. The number of ether oxygens (including phenoxy) is 3. The first-order chi connectivity index (χ1) is 11.4. The van der Waals surface area contributed by atoms with Gasteiger partial charge in [0.15, 0.2) is 5.75 Å². The molecule has 7 heteroatoms. The summed E-state index contributed by atoms with van der Waals surface area (Å²) in [5.41, 5.74) is 0.790. The van der Waals surface area contributed by atoms with E-state index in [9.17, 15) is 4.79 Å². The number of benzene rings is 2. The lowest BCUT2D eigenvalue weighted by Crippen LogP contribution is -2.07. The van der Waals surface area contributed by atoms with Gasteiger partial charge in [0.25, 0.3) is 0 Å². The molecular weight excluding hydrogens is 555 g/mol. The average molecular weight is 570 g/mol. The predicted molar refractivity (Wildman–Crippen MR) is 108 cm³/mol. The van der Waals surface area contributed by atoms with Gasteiger partial charge in [0, 0.05) is 12.0 Å². The Morgan fingerprint density at radius 1 is 1.21 bits per heavy atom. The van der Waals surface area contributed by atoms with Crippen LogP contribution in [0.3, 0.4) is 0 Å². The number of esters is 1. The second-order valence-corrected chi connectivity index (χ2v) is 7.66. The number of hydrogen-bond acceptors (Lipinski definition) is 4. The highest BCUT2D eigenvalue weighted by Crippen LogP contribution is 2.43. The quantitative estimate of drug-likeness (QED) is 0.243. The van der Waals surface area contributed by atoms with Crippen molar-refractivity contribution in [1.29, 1.82) is 0 Å². The average Bonchev–Trinajstić information content (AvgIpc) is 2.56. The van der Waals surface area contributed by atoms with E-state index >= 15 is 0 Å². The Morgan fingerprint density at radius 2 is 1.92 bits per heavy atom. The van der Waals surface area contributed by atoms with E-state index in [0.717, 1.165) is 19.4 Å². The number of methoxy groups -OCH3 is 1. The minimum Gasteiger partial charge on any atom is -0.496 e. The zero-order valence-corrected chi connectivity index (χ0v) is 18.6. The van der Waals surface area contributed by atoms with Gasteiger partial charge in [-0.2, -0.15) is 0 Å². The molecule has 0 aliphatic rings. The van der Waals surface area contributed by atoms with Gasteiger partial charge in [-0.1, -0.05) is 6.92 Å². The van der Waals surface area contributed by atoms with Gasteiger partial charge in [0.1, 0.15) is 17.2 Å². The van der Waals surface area contributed by atoms with Crippen molar-refractivity contribution in [3.8, 4) is 23.0 Å². The molecule has 0 aliphatic carbocycles. The van der Waals surface area contributed by atoms with Crippen molar-refractivity contribution in [3.63, 3.8) is 0 Å². The molecule has 0 amide bonds. The number of carbonyl (C=O) groups is 1. The molecule has 0 heterocycles. The lowest BCUT2D eigenvalue weighted by molar-refractivity contribution is -0.134. The van der Waals surface area contributed by atoms with Gasteiger partial charge in [-0.3, -0.25) is 4.79 Å². The van der Waals surface area contributed by atoms with E-state index in [2.05, 4.69) is 54.5 Å². The van der Waals surface area contributed by atoms with Crippen LogP contribution in [0.1, 0.15) is 18.9 Å². The molecule has 0 unspecified atom stereocenters. The zero-order valence-electron chi connectivity index (χ0n) is 13.3. The fourth-order valence-electron chi connectivity index (χ4n) is 1.90. The Balaban J connectivity index is 2.36. The second kappa shape index (κ2) is 8.53. The van der Waals surface area contributed by atoms with Crippen LogP contribution in [0.25, 0.3) is 0 Å². The highest BCUT2D eigenvalue weighted by Gasteiger charge is 2.17. The Kier molecular flexibility index (Phi) is 6.94. The molecule has 128 valence electrons. The largest absolute Gasteiger partial charge is 0.496 e. The first-order valence-electron chi connectivity index (χ1n) is 7.08. The molecule has 0 aromatic heterocycles. The fraction of sp³-hybridized carbons (Fsp3) is 0.235. The molecule has 0 N–H and O–H groups in total. The normalized spacial score (nSPS) is 10.4. The summed E-state index contributed by atoms with van der Waals surface area (Å²) in [4.78, 5) is 11.5. The highest BCUT2D eigenvalue weighted by molar-refractivity contribution is 14.1. The molecule has 0 saturated carbocycles. The van der Waals surface area contributed by atoms with Crippen LogP contribution in [0.5, 0.6) is 23.0 Å². The third-order valence-corrected chi connectivity index (χ3v) is 5.62. The molecule has 0 aliphatic heterocycles. The highest BCUT2D eigenvalue weighted by atomic mass is 127. The van der Waals surface area contributed by atoms with Gasteiger partial charge < -0.3 is 14.2 Å². The summed E-state index contributed by atoms with van der Waals surface area (Å²) in [5, 5.41) is 0. The van der Waals surface area contributed by atoms with Crippen molar-refractivity contribution in [1.82, 2.24) is 0 Å². The maximum atomic E-state index is 11.5. The summed E-state index contributed by atoms with van der Waals surface area (Å²) >= 11 is 9.19. The summed E-state index contributed by atoms with van der Waals surface area (Å²) in [6, 6.07) is 7.31. The fourth-order valence-corrected chi connectivity index (χ4v) is 3.84. The number of carbonyl (C=O) groups excluding carboxylic acids is 1. The van der Waals surface area contributed by atoms with Crippen LogP contribution in [0.15, 0.2) is 33.2 Å². The molecule has 2 aromatic carbocycles. The van der Waals surface area contributed by atoms with Crippen molar-refractivity contribution in [2.45, 2.75) is 20.3 Å². The molecule has 0 fully saturated rings. The molecule has 0 atom stereocenters. The number of rotatable bonds is 5. The van der Waals surface area contributed by atoms with E-state index < -0.39 is 0 Å². The molecule has 0 saturated heterocycles. The van der Waals surface area contributed by atoms with Crippen LogP contribution in [0.2, 0.25) is 0 Å². The Bertz CT molecular complexity index is 778. The van der Waals surface area contributed by atoms with Gasteiger partial charge in [0.2, 0.25) is 0 Å². The summed E-state index contributed by atoms with van der Waals surface area (Å²) < 4.78 is 18.9. The third-order valence-electron chi connectivity index (χ3n) is 3.23. The van der Waals surface area contributed by atoms with Gasteiger partial charge in [0.05, 0.1) is 19.6 Å². The molecular formula is C17H15Br2IO4. The smallest absolute Gasteiger partial charge is 0.310 e. The first-order valence-corrected chi connectivity index (χ1v) is 9.74. The van der Waals surface area contributed by atoms with Crippen LogP contribution >= 0.6 is 54.5 Å². The van der Waals surface area contributed by atoms with Crippen molar-refractivity contribution in [3.05, 3.63) is 42.3 Å². The molecule has 0 spiro atoms. The second-order valence-electron chi connectivity index (χ2n) is 4.85. The van der Waals surface area contributed by atoms with Gasteiger partial charge in [-0.05, 0) is 85.6 Å². The summed E-state index contributed by atoms with van der Waals surface area (Å²) in [6.07, 6.45) is 0.317. The maximum Gasteiger partial charge on any atom is 0.310 e. The predicted octanol–water partition coefficient (Wildman–Crippen LogP) is 6.24. The van der Waals surface area contributed by atoms with Crippen LogP contribution < -0.4 is 14.2 Å². The Labute approximate surface area is 171 Å². The van der Waals surface area contributed by atoms with Crippen molar-refractivity contribution in [2.24, 2.45) is 0 Å². The minimum atomic E-state index is -0.282. The van der Waals surface area contributed by atoms with Crippen LogP contribution in [0, 0.1) is 10.5 Å². The lowest BCUT2D eigenvalue weighted by Gasteiger charge is -2.15. The van der Waals surface area contributed by atoms with Gasteiger partial charge >= 0.3 is 5.97 Å². The topological polar surface area (TPSA) is 44.8 Å². The summed E-state index contributed by atoms with van der Waals surface area (Å²) in [6.45, 7) is 3.62. The van der Waals surface area contributed by atoms with E-state index in [0.29, 0.717) is 28.1 Å². The van der Waals surface area contributed by atoms with Gasteiger partial charge in [-0.15, -0.1) is 0 Å². The Hall–Kier alpha value is -0.800. The molecule has 2 aromatic rings. The molecule has 4 nitrogen and oxygen atoms in total. The minimum absolute atomic E-state index is 0.282. The van der Waals surface area contributed by atoms with E-state index in [1.54, 1.807) is 20.1 Å². The summed E-state index contributed by atoms with van der Waals surface area (Å²) in [5.74, 6) is 2.30. The molecule has 0 radical (unpaired) electrons. The van der Waals surface area contributed by atoms with Crippen molar-refractivity contribution in [2.75, 3.05) is 7.11 Å². The van der Waals surface area contributed by atoms with Crippen molar-refractivity contribution < 1.29 is 19.0 Å². The summed E-state index contributed by atoms with van der Waals surface area (Å²) in [7, 11) is 1.63. The first kappa shape index (κ1) is 19.5. The van der Waals surface area contributed by atoms with Crippen LogP contribution in [0.4, 0.5) is 0 Å². The van der Waals surface area contributed by atoms with Gasteiger partial charge in [-0.25, -0.2) is 0 Å². The monoisotopic (exact) mass is 568 g/mol. The number of hydrogen-bond donors (Lipinski definition) is 0. The van der Waals surface area contributed by atoms with E-state index in [1.807, 2.05) is 25.1 Å². The molecule has 24 heavy (non-hydrogen) atoms. The van der Waals surface area contributed by atoms with E-state index in [1.165, 1.54) is 0 Å². The Morgan fingerprint density at radius 3 is 2.50 bits per heavy atom. The standard InChI is InChI=1S/C17H15Br2IO4/c1-4-15(21)24-14-8-11(18)17(16(19)9(14)2)23-10-5-6-13(22-3)12(20)7-10/h5-8H,4H2,1-3H3. The van der Waals surface area contributed by atoms with Crippen LogP contribution in [-0.2, 0) is 4.79 Å². The molecule has 2 rings (SSSR count). The SMILES string of the molecule is CCC(=O)Oc1cc(Br)c(Oc2ccc(OC)c(I)c2)c(Br)c1C.